The molecule has 1 nitrogen and oxygen atoms in total. The highest BCUT2D eigenvalue weighted by atomic mass is 16.5. The third-order valence-corrected chi connectivity index (χ3v) is 4.61. The van der Waals surface area contributed by atoms with Crippen molar-refractivity contribution in [1.29, 1.82) is 0 Å². The van der Waals surface area contributed by atoms with Crippen LogP contribution in [0.1, 0.15) is 64.7 Å². The normalized spacial score (nSPS) is 26.1. The number of hydrogen-bond donors (Lipinski definition) is 0. The fourth-order valence-corrected chi connectivity index (χ4v) is 3.25. The third kappa shape index (κ3) is 5.66. The van der Waals surface area contributed by atoms with E-state index in [9.17, 15) is 0 Å². The molecule has 1 saturated heterocycles. The second-order valence-corrected chi connectivity index (χ2v) is 6.29. The Balaban J connectivity index is 1.97. The highest BCUT2D eigenvalue weighted by Crippen LogP contribution is 2.28. The first-order valence-electron chi connectivity index (χ1n) is 8.46. The smallest absolute Gasteiger partial charge is 0.0468 e. The molecule has 0 aromatic carbocycles. The topological polar surface area (TPSA) is 9.23 Å². The van der Waals surface area contributed by atoms with Crippen LogP contribution in [0.25, 0.3) is 0 Å². The third-order valence-electron chi connectivity index (χ3n) is 4.61. The molecular formula is C19H30O. The summed E-state index contributed by atoms with van der Waals surface area (Å²) in [6.45, 7) is 4.23. The van der Waals surface area contributed by atoms with Gasteiger partial charge in [-0.1, -0.05) is 54.7 Å². The van der Waals surface area contributed by atoms with Crippen LogP contribution in [0.15, 0.2) is 35.5 Å². The molecule has 0 amide bonds. The molecule has 1 unspecified atom stereocenters. The van der Waals surface area contributed by atoms with Crippen LogP contribution < -0.4 is 0 Å². The molecule has 1 heteroatoms. The summed E-state index contributed by atoms with van der Waals surface area (Å²) in [5.74, 6) is 0.833. The van der Waals surface area contributed by atoms with E-state index in [4.69, 9.17) is 4.74 Å². The van der Waals surface area contributed by atoms with Crippen LogP contribution in [-0.2, 0) is 4.74 Å². The maximum Gasteiger partial charge on any atom is 0.0468 e. The number of hydrogen-bond acceptors (Lipinski definition) is 1. The lowest BCUT2D eigenvalue weighted by Gasteiger charge is -2.19. The van der Waals surface area contributed by atoms with E-state index in [0.29, 0.717) is 0 Å². The van der Waals surface area contributed by atoms with Crippen molar-refractivity contribution < 1.29 is 4.74 Å². The van der Waals surface area contributed by atoms with E-state index in [1.54, 1.807) is 5.57 Å². The molecule has 0 aromatic heterocycles. The van der Waals surface area contributed by atoms with Gasteiger partial charge < -0.3 is 4.74 Å². The molecule has 0 aromatic rings. The highest BCUT2D eigenvalue weighted by molar-refractivity contribution is 5.27. The zero-order chi connectivity index (χ0) is 14.0. The molecule has 0 radical (unpaired) electrons. The molecule has 0 N–H and O–H groups in total. The second-order valence-electron chi connectivity index (χ2n) is 6.29. The van der Waals surface area contributed by atoms with Crippen molar-refractivity contribution in [3.8, 4) is 0 Å². The fraction of sp³-hybridized carbons (Fsp3) is 0.684. The lowest BCUT2D eigenvalue weighted by molar-refractivity contribution is 0.122. The van der Waals surface area contributed by atoms with Crippen molar-refractivity contribution >= 4 is 0 Å². The van der Waals surface area contributed by atoms with Crippen LogP contribution in [0.2, 0.25) is 0 Å². The quantitative estimate of drug-likeness (QED) is 0.638. The maximum atomic E-state index is 5.73. The van der Waals surface area contributed by atoms with Gasteiger partial charge >= 0.3 is 0 Å². The molecule has 0 bridgehead atoms. The molecule has 1 fully saturated rings. The fourth-order valence-electron chi connectivity index (χ4n) is 3.25. The summed E-state index contributed by atoms with van der Waals surface area (Å²) < 4.78 is 5.73. The highest BCUT2D eigenvalue weighted by Gasteiger charge is 2.14. The minimum atomic E-state index is 0.833. The van der Waals surface area contributed by atoms with E-state index in [1.165, 1.54) is 63.4 Å². The SMILES string of the molecule is CC1=C(CC2CCCCCOCC2)CCCC=CC=C1. The Labute approximate surface area is 124 Å². The van der Waals surface area contributed by atoms with E-state index < -0.39 is 0 Å². The number of allylic oxidation sites excluding steroid dienone is 6. The summed E-state index contributed by atoms with van der Waals surface area (Å²) in [7, 11) is 0. The zero-order valence-electron chi connectivity index (χ0n) is 13.1. The van der Waals surface area contributed by atoms with Gasteiger partial charge in [-0.05, 0) is 51.4 Å². The Morgan fingerprint density at radius 2 is 2.00 bits per heavy atom. The van der Waals surface area contributed by atoms with Gasteiger partial charge in [-0.2, -0.15) is 0 Å². The lowest BCUT2D eigenvalue weighted by Crippen LogP contribution is -2.07. The van der Waals surface area contributed by atoms with Crippen molar-refractivity contribution in [2.75, 3.05) is 13.2 Å². The van der Waals surface area contributed by atoms with Crippen LogP contribution in [0.4, 0.5) is 0 Å². The molecule has 1 aliphatic carbocycles. The molecule has 1 aliphatic heterocycles. The summed E-state index contributed by atoms with van der Waals surface area (Å²) >= 11 is 0. The van der Waals surface area contributed by atoms with E-state index in [2.05, 4.69) is 31.2 Å². The van der Waals surface area contributed by atoms with Gasteiger partial charge in [0.25, 0.3) is 0 Å². The van der Waals surface area contributed by atoms with Crippen LogP contribution in [0, 0.1) is 5.92 Å². The Hall–Kier alpha value is -0.820. The molecule has 2 aliphatic rings. The van der Waals surface area contributed by atoms with Crippen LogP contribution in [-0.4, -0.2) is 13.2 Å². The number of ether oxygens (including phenoxy) is 1. The monoisotopic (exact) mass is 274 g/mol. The van der Waals surface area contributed by atoms with Crippen LogP contribution in [0.5, 0.6) is 0 Å². The summed E-state index contributed by atoms with van der Waals surface area (Å²) in [4.78, 5) is 0. The van der Waals surface area contributed by atoms with Gasteiger partial charge in [0.15, 0.2) is 0 Å². The van der Waals surface area contributed by atoms with E-state index in [-0.39, 0.29) is 0 Å². The van der Waals surface area contributed by atoms with E-state index in [1.807, 2.05) is 0 Å². The minimum absolute atomic E-state index is 0.833. The predicted molar refractivity (Wildman–Crippen MR) is 86.8 cm³/mol. The number of rotatable bonds is 2. The van der Waals surface area contributed by atoms with Crippen molar-refractivity contribution in [3.05, 3.63) is 35.5 Å². The first-order valence-corrected chi connectivity index (χ1v) is 8.46. The van der Waals surface area contributed by atoms with Crippen molar-refractivity contribution in [3.63, 3.8) is 0 Å². The lowest BCUT2D eigenvalue weighted by atomic mass is 9.87. The van der Waals surface area contributed by atoms with Crippen molar-refractivity contribution in [1.82, 2.24) is 0 Å². The molecule has 112 valence electrons. The molecule has 0 spiro atoms. The van der Waals surface area contributed by atoms with Gasteiger partial charge in [-0.25, -0.2) is 0 Å². The molecule has 20 heavy (non-hydrogen) atoms. The van der Waals surface area contributed by atoms with Gasteiger partial charge in [0.05, 0.1) is 0 Å². The zero-order valence-corrected chi connectivity index (χ0v) is 13.1. The van der Waals surface area contributed by atoms with Gasteiger partial charge in [0.2, 0.25) is 0 Å². The molecular weight excluding hydrogens is 244 g/mol. The van der Waals surface area contributed by atoms with Crippen molar-refractivity contribution in [2.45, 2.75) is 64.7 Å². The first-order chi connectivity index (χ1) is 9.86. The van der Waals surface area contributed by atoms with E-state index in [0.717, 1.165) is 19.1 Å². The largest absolute Gasteiger partial charge is 0.381 e. The average Bonchev–Trinajstić information content (AvgIpc) is 2.63. The second kappa shape index (κ2) is 9.18. The average molecular weight is 274 g/mol. The van der Waals surface area contributed by atoms with Gasteiger partial charge in [0, 0.05) is 13.2 Å². The Bertz CT molecular complexity index is 352. The Morgan fingerprint density at radius 3 is 2.95 bits per heavy atom. The molecule has 2 rings (SSSR count). The minimum Gasteiger partial charge on any atom is -0.381 e. The van der Waals surface area contributed by atoms with Crippen molar-refractivity contribution in [2.24, 2.45) is 5.92 Å². The van der Waals surface area contributed by atoms with Gasteiger partial charge in [-0.15, -0.1) is 0 Å². The standard InChI is InChI=1S/C19H30O/c1-17-10-6-3-2-4-8-12-19(17)16-18-11-7-5-9-14-20-15-13-18/h2-3,6,10,18H,4-5,7-9,11-16H2,1H3. The summed E-state index contributed by atoms with van der Waals surface area (Å²) in [5, 5.41) is 0. The van der Waals surface area contributed by atoms with E-state index >= 15 is 0 Å². The molecule has 1 heterocycles. The predicted octanol–water partition coefficient (Wildman–Crippen LogP) is 5.59. The Kier molecular flexibility index (Phi) is 7.14. The molecule has 1 atom stereocenters. The Morgan fingerprint density at radius 1 is 1.05 bits per heavy atom. The summed E-state index contributed by atoms with van der Waals surface area (Å²) in [5.41, 5.74) is 3.19. The van der Waals surface area contributed by atoms with Gasteiger partial charge in [-0.3, -0.25) is 0 Å². The summed E-state index contributed by atoms with van der Waals surface area (Å²) in [6, 6.07) is 0. The van der Waals surface area contributed by atoms with Crippen LogP contribution in [0.3, 0.4) is 0 Å². The summed E-state index contributed by atoms with van der Waals surface area (Å²) in [6.07, 6.45) is 20.7. The molecule has 0 saturated carbocycles. The van der Waals surface area contributed by atoms with Crippen LogP contribution >= 0.6 is 0 Å². The first kappa shape index (κ1) is 15.6. The maximum absolute atomic E-state index is 5.73. The van der Waals surface area contributed by atoms with Gasteiger partial charge in [0.1, 0.15) is 0 Å².